The summed E-state index contributed by atoms with van der Waals surface area (Å²) in [6, 6.07) is 0. The van der Waals surface area contributed by atoms with Crippen LogP contribution in [0.1, 0.15) is 12.8 Å². The SMILES string of the molecule is O[C@H]1[C@@H]2[C@@H](O)CCC[S+]2C[C@H]1O. The Bertz CT molecular complexity index is 176. The van der Waals surface area contributed by atoms with E-state index in [4.69, 9.17) is 0 Å². The van der Waals surface area contributed by atoms with Crippen molar-refractivity contribution >= 4 is 10.9 Å². The predicted octanol–water partition coefficient (Wildman–Crippen LogP) is -1.14. The normalized spacial score (nSPS) is 53.8. The van der Waals surface area contributed by atoms with Crippen LogP contribution in [0.3, 0.4) is 0 Å². The van der Waals surface area contributed by atoms with E-state index in [2.05, 4.69) is 0 Å². The lowest BCUT2D eigenvalue weighted by atomic mass is 10.0. The Balaban J connectivity index is 2.12. The molecule has 3 nitrogen and oxygen atoms in total. The van der Waals surface area contributed by atoms with Crippen LogP contribution in [0.2, 0.25) is 0 Å². The smallest absolute Gasteiger partial charge is 0.172 e. The summed E-state index contributed by atoms with van der Waals surface area (Å²) in [4.78, 5) is 0. The molecular weight excluding hydrogens is 176 g/mol. The summed E-state index contributed by atoms with van der Waals surface area (Å²) >= 11 is 0. The first-order valence-electron chi connectivity index (χ1n) is 4.40. The van der Waals surface area contributed by atoms with Gasteiger partial charge in [0.05, 0.1) is 0 Å². The first-order chi connectivity index (χ1) is 5.70. The minimum absolute atomic E-state index is 0.0336. The average Bonchev–Trinajstić information content (AvgIpc) is 2.29. The van der Waals surface area contributed by atoms with E-state index in [0.717, 1.165) is 18.6 Å². The second kappa shape index (κ2) is 3.18. The van der Waals surface area contributed by atoms with Crippen LogP contribution in [0.5, 0.6) is 0 Å². The molecule has 0 aromatic carbocycles. The molecule has 0 saturated carbocycles. The molecule has 0 amide bonds. The van der Waals surface area contributed by atoms with E-state index in [1.54, 1.807) is 0 Å². The minimum Gasteiger partial charge on any atom is -0.388 e. The summed E-state index contributed by atoms with van der Waals surface area (Å²) in [6.07, 6.45) is 0.182. The van der Waals surface area contributed by atoms with Crippen LogP contribution in [0.4, 0.5) is 0 Å². The van der Waals surface area contributed by atoms with E-state index in [1.165, 1.54) is 0 Å². The Kier molecular flexibility index (Phi) is 2.33. The van der Waals surface area contributed by atoms with Crippen molar-refractivity contribution in [3.8, 4) is 0 Å². The Morgan fingerprint density at radius 2 is 1.83 bits per heavy atom. The maximum Gasteiger partial charge on any atom is 0.172 e. The number of fused-ring (bicyclic) bond motifs is 1. The molecule has 4 heteroatoms. The quantitative estimate of drug-likeness (QED) is 0.424. The third-order valence-electron chi connectivity index (χ3n) is 2.79. The molecule has 5 atom stereocenters. The number of rotatable bonds is 0. The van der Waals surface area contributed by atoms with Gasteiger partial charge in [0, 0.05) is 0 Å². The number of hydrogen-bond acceptors (Lipinski definition) is 3. The predicted molar refractivity (Wildman–Crippen MR) is 48.1 cm³/mol. The van der Waals surface area contributed by atoms with Gasteiger partial charge < -0.3 is 15.3 Å². The van der Waals surface area contributed by atoms with Gasteiger partial charge in [-0.1, -0.05) is 0 Å². The summed E-state index contributed by atoms with van der Waals surface area (Å²) in [6.45, 7) is 0. The molecule has 0 aromatic heterocycles. The molecule has 1 unspecified atom stereocenters. The van der Waals surface area contributed by atoms with Crippen molar-refractivity contribution in [2.24, 2.45) is 0 Å². The van der Waals surface area contributed by atoms with E-state index in [9.17, 15) is 15.3 Å². The number of aliphatic hydroxyl groups is 3. The first-order valence-corrected chi connectivity index (χ1v) is 6.03. The van der Waals surface area contributed by atoms with Gasteiger partial charge in [-0.2, -0.15) is 0 Å². The Morgan fingerprint density at radius 3 is 2.50 bits per heavy atom. The highest BCUT2D eigenvalue weighted by atomic mass is 32.2. The van der Waals surface area contributed by atoms with E-state index in [0.29, 0.717) is 5.75 Å². The second-order valence-corrected chi connectivity index (χ2v) is 6.00. The Morgan fingerprint density at radius 1 is 1.08 bits per heavy atom. The lowest BCUT2D eigenvalue weighted by molar-refractivity contribution is 0.0119. The zero-order valence-electron chi connectivity index (χ0n) is 6.89. The molecule has 0 aliphatic carbocycles. The van der Waals surface area contributed by atoms with Crippen LogP contribution >= 0.6 is 0 Å². The summed E-state index contributed by atoms with van der Waals surface area (Å²) in [5, 5.41) is 28.5. The fourth-order valence-electron chi connectivity index (χ4n) is 2.16. The number of aliphatic hydroxyl groups excluding tert-OH is 3. The molecule has 2 aliphatic rings. The zero-order valence-corrected chi connectivity index (χ0v) is 7.70. The van der Waals surface area contributed by atoms with Crippen molar-refractivity contribution in [3.05, 3.63) is 0 Å². The molecule has 2 aliphatic heterocycles. The van der Waals surface area contributed by atoms with Crippen molar-refractivity contribution in [1.82, 2.24) is 0 Å². The first kappa shape index (κ1) is 8.81. The fourth-order valence-corrected chi connectivity index (χ4v) is 5.15. The molecule has 12 heavy (non-hydrogen) atoms. The Labute approximate surface area is 74.8 Å². The lowest BCUT2D eigenvalue weighted by Crippen LogP contribution is -2.44. The molecule has 70 valence electrons. The molecule has 2 rings (SSSR count). The monoisotopic (exact) mass is 191 g/mol. The maximum absolute atomic E-state index is 9.60. The summed E-state index contributed by atoms with van der Waals surface area (Å²) in [5.41, 5.74) is 0. The molecular formula is C8H15O3S+. The van der Waals surface area contributed by atoms with Crippen LogP contribution < -0.4 is 0 Å². The summed E-state index contributed by atoms with van der Waals surface area (Å²) in [7, 11) is 0.0745. The fraction of sp³-hybridized carbons (Fsp3) is 1.00. The molecule has 0 spiro atoms. The van der Waals surface area contributed by atoms with Gasteiger partial charge in [-0.15, -0.1) is 0 Å². The van der Waals surface area contributed by atoms with E-state index >= 15 is 0 Å². The molecule has 2 saturated heterocycles. The van der Waals surface area contributed by atoms with Gasteiger partial charge >= 0.3 is 0 Å². The molecule has 2 fully saturated rings. The third kappa shape index (κ3) is 1.27. The molecule has 0 aromatic rings. The van der Waals surface area contributed by atoms with E-state index in [1.807, 2.05) is 0 Å². The van der Waals surface area contributed by atoms with Crippen LogP contribution in [-0.4, -0.2) is 50.4 Å². The van der Waals surface area contributed by atoms with Crippen LogP contribution in [0.15, 0.2) is 0 Å². The van der Waals surface area contributed by atoms with Gasteiger partial charge in [0.15, 0.2) is 5.25 Å². The lowest BCUT2D eigenvalue weighted by Gasteiger charge is -2.24. The largest absolute Gasteiger partial charge is 0.388 e. The molecule has 0 bridgehead atoms. The van der Waals surface area contributed by atoms with Gasteiger partial charge in [0.2, 0.25) is 0 Å². The van der Waals surface area contributed by atoms with Gasteiger partial charge in [-0.25, -0.2) is 0 Å². The van der Waals surface area contributed by atoms with Gasteiger partial charge in [0.1, 0.15) is 29.8 Å². The molecule has 3 N–H and O–H groups in total. The Hall–Kier alpha value is 0.230. The highest BCUT2D eigenvalue weighted by Crippen LogP contribution is 2.32. The topological polar surface area (TPSA) is 60.7 Å². The van der Waals surface area contributed by atoms with Crippen LogP contribution in [-0.2, 0) is 10.9 Å². The standard InChI is InChI=1S/C8H15O3S/c9-5-2-1-3-12-4-6(10)7(11)8(5)12/h5-11H,1-4H2/q+1/t5-,6+,7+,8-,12?/m0/s1. The van der Waals surface area contributed by atoms with Crippen molar-refractivity contribution in [2.75, 3.05) is 11.5 Å². The van der Waals surface area contributed by atoms with Crippen molar-refractivity contribution < 1.29 is 15.3 Å². The average molecular weight is 191 g/mol. The van der Waals surface area contributed by atoms with Crippen LogP contribution in [0, 0.1) is 0 Å². The zero-order chi connectivity index (χ0) is 8.72. The van der Waals surface area contributed by atoms with Crippen molar-refractivity contribution in [2.45, 2.75) is 36.4 Å². The third-order valence-corrected chi connectivity index (χ3v) is 5.73. The summed E-state index contributed by atoms with van der Waals surface area (Å²) in [5.74, 6) is 1.78. The van der Waals surface area contributed by atoms with E-state index in [-0.39, 0.29) is 22.2 Å². The maximum atomic E-state index is 9.60. The molecule has 2 heterocycles. The minimum atomic E-state index is -0.677. The van der Waals surface area contributed by atoms with E-state index < -0.39 is 12.2 Å². The van der Waals surface area contributed by atoms with Gasteiger partial charge in [-0.05, 0) is 23.7 Å². The summed E-state index contributed by atoms with van der Waals surface area (Å²) < 4.78 is 0. The van der Waals surface area contributed by atoms with Gasteiger partial charge in [0.25, 0.3) is 0 Å². The second-order valence-electron chi connectivity index (χ2n) is 3.64. The highest BCUT2D eigenvalue weighted by Gasteiger charge is 2.54. The number of hydrogen-bond donors (Lipinski definition) is 3. The van der Waals surface area contributed by atoms with Crippen LogP contribution in [0.25, 0.3) is 0 Å². The highest BCUT2D eigenvalue weighted by molar-refractivity contribution is 7.97. The van der Waals surface area contributed by atoms with Crippen molar-refractivity contribution in [3.63, 3.8) is 0 Å². The van der Waals surface area contributed by atoms with Crippen molar-refractivity contribution in [1.29, 1.82) is 0 Å². The van der Waals surface area contributed by atoms with Gasteiger partial charge in [-0.3, -0.25) is 0 Å². The molecule has 0 radical (unpaired) electrons.